The van der Waals surface area contributed by atoms with Gasteiger partial charge in [0.1, 0.15) is 11.2 Å². The van der Waals surface area contributed by atoms with Gasteiger partial charge in [-0.25, -0.2) is 0 Å². The molecule has 3 heterocycles. The van der Waals surface area contributed by atoms with Gasteiger partial charge in [-0.15, -0.1) is 22.7 Å². The number of para-hydroxylation sites is 2. The van der Waals surface area contributed by atoms with E-state index in [1.807, 2.05) is 28.7 Å². The van der Waals surface area contributed by atoms with Crippen LogP contribution in [0.25, 0.3) is 84.5 Å². The van der Waals surface area contributed by atoms with E-state index < -0.39 is 0 Å². The van der Waals surface area contributed by atoms with Crippen LogP contribution in [0.15, 0.2) is 180 Å². The van der Waals surface area contributed by atoms with Crippen LogP contribution in [0.4, 0.5) is 17.1 Å². The minimum Gasteiger partial charge on any atom is -0.455 e. The molecule has 11 rings (SSSR count). The van der Waals surface area contributed by atoms with E-state index in [4.69, 9.17) is 4.42 Å². The van der Waals surface area contributed by atoms with Crippen LogP contribution in [0.5, 0.6) is 0 Å². The van der Waals surface area contributed by atoms with Gasteiger partial charge in [0.25, 0.3) is 0 Å². The lowest BCUT2D eigenvalue weighted by Crippen LogP contribution is -2.10. The molecule has 0 aliphatic carbocycles. The Morgan fingerprint density at radius 3 is 1.58 bits per heavy atom. The molecule has 0 atom stereocenters. The van der Waals surface area contributed by atoms with Gasteiger partial charge in [0.15, 0.2) is 0 Å². The fraction of sp³-hybridized carbons (Fsp3) is 0. The number of hydrogen-bond donors (Lipinski definition) is 0. The second-order valence-corrected chi connectivity index (χ2v) is 15.4. The molecule has 0 saturated heterocycles. The molecule has 8 aromatic carbocycles. The molecule has 0 spiro atoms. The van der Waals surface area contributed by atoms with Crippen LogP contribution < -0.4 is 4.90 Å². The van der Waals surface area contributed by atoms with Crippen molar-refractivity contribution in [3.05, 3.63) is 176 Å². The van der Waals surface area contributed by atoms with Crippen LogP contribution in [0.1, 0.15) is 0 Å². The highest BCUT2D eigenvalue weighted by atomic mass is 32.1. The van der Waals surface area contributed by atoms with Gasteiger partial charge in [-0.1, -0.05) is 121 Å². The normalized spacial score (nSPS) is 11.8. The molecule has 244 valence electrons. The number of thiophene rings is 2. The van der Waals surface area contributed by atoms with E-state index in [9.17, 15) is 0 Å². The van der Waals surface area contributed by atoms with Crippen molar-refractivity contribution < 1.29 is 4.42 Å². The quantitative estimate of drug-likeness (QED) is 0.178. The lowest BCUT2D eigenvalue weighted by atomic mass is 9.92. The Kier molecular flexibility index (Phi) is 6.63. The molecule has 0 aliphatic rings. The fourth-order valence-corrected chi connectivity index (χ4v) is 10.2. The minimum absolute atomic E-state index is 0.900. The molecule has 0 aliphatic heterocycles. The molecule has 0 radical (unpaired) electrons. The number of rotatable bonds is 5. The number of benzene rings is 8. The topological polar surface area (TPSA) is 16.4 Å². The maximum atomic E-state index is 6.64. The molecular formula is C48H29NOS2. The SMILES string of the molecule is c1ccc(-c2ccc(N(c3ccc4c(c3)sc3ccccc34)c3ccc4c(c3)sc3ccccc34)cc2-c2cccc3c2oc2ccccc23)cc1. The summed E-state index contributed by atoms with van der Waals surface area (Å²) in [6, 6.07) is 63.8. The third-order valence-electron chi connectivity index (χ3n) is 10.3. The van der Waals surface area contributed by atoms with E-state index in [2.05, 4.69) is 175 Å². The zero-order valence-corrected chi connectivity index (χ0v) is 29.5. The molecule has 2 nitrogen and oxygen atoms in total. The molecule has 3 aromatic heterocycles. The first-order valence-electron chi connectivity index (χ1n) is 17.5. The predicted molar refractivity (Wildman–Crippen MR) is 225 cm³/mol. The molecule has 11 aromatic rings. The summed E-state index contributed by atoms with van der Waals surface area (Å²) >= 11 is 3.71. The zero-order chi connectivity index (χ0) is 34.2. The Balaban J connectivity index is 1.18. The molecule has 0 amide bonds. The second-order valence-electron chi connectivity index (χ2n) is 13.3. The Labute approximate surface area is 308 Å². The van der Waals surface area contributed by atoms with Crippen LogP contribution in [0, 0.1) is 0 Å². The van der Waals surface area contributed by atoms with E-state index >= 15 is 0 Å². The van der Waals surface area contributed by atoms with E-state index in [1.165, 1.54) is 45.9 Å². The first-order valence-corrected chi connectivity index (χ1v) is 19.1. The zero-order valence-electron chi connectivity index (χ0n) is 27.9. The summed E-state index contributed by atoms with van der Waals surface area (Å²) in [5, 5.41) is 7.45. The molecule has 0 saturated carbocycles. The van der Waals surface area contributed by atoms with Gasteiger partial charge in [0.2, 0.25) is 0 Å². The van der Waals surface area contributed by atoms with Crippen LogP contribution >= 0.6 is 22.7 Å². The van der Waals surface area contributed by atoms with E-state index in [0.29, 0.717) is 0 Å². The maximum Gasteiger partial charge on any atom is 0.143 e. The molecule has 0 N–H and O–H groups in total. The van der Waals surface area contributed by atoms with Crippen LogP contribution in [0.3, 0.4) is 0 Å². The monoisotopic (exact) mass is 699 g/mol. The first kappa shape index (κ1) is 29.5. The highest BCUT2D eigenvalue weighted by molar-refractivity contribution is 7.26. The number of furan rings is 1. The predicted octanol–water partition coefficient (Wildman–Crippen LogP) is 15.1. The summed E-state index contributed by atoms with van der Waals surface area (Å²) in [4.78, 5) is 2.42. The summed E-state index contributed by atoms with van der Waals surface area (Å²) < 4.78 is 11.8. The van der Waals surface area contributed by atoms with Gasteiger partial charge in [-0.3, -0.25) is 0 Å². The Bertz CT molecular complexity index is 3030. The lowest BCUT2D eigenvalue weighted by Gasteiger charge is -2.27. The van der Waals surface area contributed by atoms with Crippen molar-refractivity contribution in [2.45, 2.75) is 0 Å². The lowest BCUT2D eigenvalue weighted by molar-refractivity contribution is 0.670. The molecule has 4 heteroatoms. The molecular weight excluding hydrogens is 671 g/mol. The van der Waals surface area contributed by atoms with Crippen molar-refractivity contribution >= 4 is 102 Å². The van der Waals surface area contributed by atoms with Crippen molar-refractivity contribution in [3.63, 3.8) is 0 Å². The Morgan fingerprint density at radius 2 is 0.885 bits per heavy atom. The van der Waals surface area contributed by atoms with Gasteiger partial charge in [-0.2, -0.15) is 0 Å². The van der Waals surface area contributed by atoms with E-state index in [-0.39, 0.29) is 0 Å². The second kappa shape index (κ2) is 11.7. The van der Waals surface area contributed by atoms with Crippen molar-refractivity contribution in [1.29, 1.82) is 0 Å². The molecule has 0 fully saturated rings. The Hall–Kier alpha value is -6.20. The van der Waals surface area contributed by atoms with Crippen molar-refractivity contribution in [3.8, 4) is 22.3 Å². The first-order chi connectivity index (χ1) is 25.8. The van der Waals surface area contributed by atoms with Gasteiger partial charge in [0.05, 0.1) is 0 Å². The standard InChI is InChI=1S/C48H29NOS2/c1-2-11-30(12-3-1)34-24-21-31(27-42(34)41-17-10-16-40-35-13-4-7-18-43(35)50-48(40)41)49(32-22-25-38-36-14-5-8-19-44(36)51-46(38)28-32)33-23-26-39-37-15-6-9-20-45(37)52-47(39)29-33/h1-29H. The largest absolute Gasteiger partial charge is 0.455 e. The number of fused-ring (bicyclic) bond motifs is 9. The van der Waals surface area contributed by atoms with Gasteiger partial charge < -0.3 is 9.32 Å². The summed E-state index contributed by atoms with van der Waals surface area (Å²) in [6.45, 7) is 0. The average Bonchev–Trinajstić information content (AvgIpc) is 3.89. The van der Waals surface area contributed by atoms with Crippen LogP contribution in [-0.4, -0.2) is 0 Å². The fourth-order valence-electron chi connectivity index (χ4n) is 7.88. The smallest absolute Gasteiger partial charge is 0.143 e. The number of hydrogen-bond acceptors (Lipinski definition) is 4. The average molecular weight is 700 g/mol. The van der Waals surface area contributed by atoms with Gasteiger partial charge in [-0.05, 0) is 71.3 Å². The summed E-state index contributed by atoms with van der Waals surface area (Å²) in [5.74, 6) is 0. The third kappa shape index (κ3) is 4.62. The maximum absolute atomic E-state index is 6.64. The molecule has 0 bridgehead atoms. The summed E-state index contributed by atoms with van der Waals surface area (Å²) in [7, 11) is 0. The number of nitrogens with zero attached hydrogens (tertiary/aromatic N) is 1. The minimum atomic E-state index is 0.900. The number of anilines is 3. The van der Waals surface area contributed by atoms with Crippen molar-refractivity contribution in [1.82, 2.24) is 0 Å². The van der Waals surface area contributed by atoms with Gasteiger partial charge in [0, 0.05) is 73.7 Å². The Morgan fingerprint density at radius 1 is 0.346 bits per heavy atom. The van der Waals surface area contributed by atoms with Crippen molar-refractivity contribution in [2.24, 2.45) is 0 Å². The van der Waals surface area contributed by atoms with Crippen molar-refractivity contribution in [2.75, 3.05) is 4.90 Å². The summed E-state index contributed by atoms with van der Waals surface area (Å²) in [6.07, 6.45) is 0. The van der Waals surface area contributed by atoms with Gasteiger partial charge >= 0.3 is 0 Å². The highest BCUT2D eigenvalue weighted by Gasteiger charge is 2.21. The molecule has 52 heavy (non-hydrogen) atoms. The molecule has 0 unspecified atom stereocenters. The third-order valence-corrected chi connectivity index (χ3v) is 12.5. The van der Waals surface area contributed by atoms with Crippen LogP contribution in [0.2, 0.25) is 0 Å². The van der Waals surface area contributed by atoms with E-state index in [1.54, 1.807) is 0 Å². The van der Waals surface area contributed by atoms with Crippen LogP contribution in [-0.2, 0) is 0 Å². The highest BCUT2D eigenvalue weighted by Crippen LogP contribution is 2.46. The van der Waals surface area contributed by atoms with E-state index in [0.717, 1.165) is 55.7 Å². The summed E-state index contributed by atoms with van der Waals surface area (Å²) in [5.41, 5.74) is 9.68.